The molecule has 0 bridgehead atoms. The number of hydrogen-bond acceptors (Lipinski definition) is 7. The summed E-state index contributed by atoms with van der Waals surface area (Å²) >= 11 is 0. The Morgan fingerprint density at radius 1 is 0.873 bits per heavy atom. The fourth-order valence-corrected chi connectivity index (χ4v) is 7.11. The second-order valence-electron chi connectivity index (χ2n) is 14.7. The molecule has 0 atom stereocenters. The molecule has 6 aromatic rings. The van der Waals surface area contributed by atoms with E-state index in [1.165, 1.54) is 4.90 Å². The van der Waals surface area contributed by atoms with Crippen molar-refractivity contribution in [3.8, 4) is 16.9 Å². The molecular formula is C44H50N4O7. The number of aryl methyl sites for hydroxylation is 3. The Morgan fingerprint density at radius 3 is 2.33 bits per heavy atom. The normalized spacial score (nSPS) is 11.7. The van der Waals surface area contributed by atoms with Gasteiger partial charge in [-0.3, -0.25) is 4.68 Å². The van der Waals surface area contributed by atoms with E-state index >= 15 is 0 Å². The Balaban J connectivity index is 1.37. The van der Waals surface area contributed by atoms with Crippen LogP contribution < -0.4 is 4.74 Å². The number of para-hydroxylation sites is 1. The molecule has 11 nitrogen and oxygen atoms in total. The van der Waals surface area contributed by atoms with Gasteiger partial charge in [0, 0.05) is 49.1 Å². The number of aliphatic hydroxyl groups is 1. The van der Waals surface area contributed by atoms with Gasteiger partial charge in [-0.15, -0.1) is 0 Å². The van der Waals surface area contributed by atoms with E-state index in [9.17, 15) is 19.8 Å². The topological polar surface area (TPSA) is 128 Å². The molecule has 1 amide bonds. The minimum absolute atomic E-state index is 0.181. The van der Waals surface area contributed by atoms with Crippen LogP contribution in [0.25, 0.3) is 32.8 Å². The maximum absolute atomic E-state index is 13.3. The number of nitrogens with zero attached hydrogens (tertiary/aromatic N) is 4. The zero-order valence-corrected chi connectivity index (χ0v) is 32.2. The Kier molecular flexibility index (Phi) is 12.2. The first kappa shape index (κ1) is 39.1. The molecule has 55 heavy (non-hydrogen) atoms. The number of carboxylic acids is 1. The standard InChI is InChI=1S/C44H50N4O7/c1-44(2,3)55-43(52)46(4)24-14-25-48-40-33(34(41(48)42(50)51)22-13-26-54-38-23-11-18-31-17-9-10-19-32(31)38)20-12-21-35(40)39-36(45-47(5)37(39)27-49)29-53-28-30-15-7-6-8-16-30/h6-12,15-21,23,49H,13-14,22,24-29H2,1-5H3,(H,50,51). The number of aromatic nitrogens is 3. The molecule has 6 rings (SSSR count). The first-order valence-electron chi connectivity index (χ1n) is 18.7. The fraction of sp³-hybridized carbons (Fsp3) is 0.341. The van der Waals surface area contributed by atoms with E-state index in [0.29, 0.717) is 68.1 Å². The van der Waals surface area contributed by atoms with Gasteiger partial charge >= 0.3 is 12.1 Å². The van der Waals surface area contributed by atoms with Gasteiger partial charge in [0.05, 0.1) is 43.3 Å². The number of aliphatic hydroxyl groups excluding tert-OH is 1. The van der Waals surface area contributed by atoms with Crippen molar-refractivity contribution >= 4 is 33.7 Å². The zero-order chi connectivity index (χ0) is 39.1. The average Bonchev–Trinajstić information content (AvgIpc) is 3.66. The zero-order valence-electron chi connectivity index (χ0n) is 32.2. The Labute approximate surface area is 321 Å². The van der Waals surface area contributed by atoms with Crippen LogP contribution in [0, 0.1) is 0 Å². The molecule has 0 spiro atoms. The smallest absolute Gasteiger partial charge is 0.410 e. The third-order valence-corrected chi connectivity index (χ3v) is 9.56. The highest BCUT2D eigenvalue weighted by molar-refractivity contribution is 6.04. The molecule has 0 aliphatic rings. The summed E-state index contributed by atoms with van der Waals surface area (Å²) in [6.07, 6.45) is 1.04. The predicted molar refractivity (Wildman–Crippen MR) is 213 cm³/mol. The van der Waals surface area contributed by atoms with Crippen molar-refractivity contribution in [3.05, 3.63) is 119 Å². The number of carbonyl (C=O) groups is 2. The Hall–Kier alpha value is -5.65. The molecule has 0 aliphatic heterocycles. The highest BCUT2D eigenvalue weighted by atomic mass is 16.6. The summed E-state index contributed by atoms with van der Waals surface area (Å²) in [4.78, 5) is 27.6. The number of carboxylic acid groups (broad SMARTS) is 1. The lowest BCUT2D eigenvalue weighted by Crippen LogP contribution is -2.35. The van der Waals surface area contributed by atoms with Crippen LogP contribution >= 0.6 is 0 Å². The molecule has 2 aromatic heterocycles. The summed E-state index contributed by atoms with van der Waals surface area (Å²) in [6.45, 7) is 6.78. The van der Waals surface area contributed by atoms with Crippen LogP contribution in [0.1, 0.15) is 66.6 Å². The number of amides is 1. The largest absolute Gasteiger partial charge is 0.493 e. The summed E-state index contributed by atoms with van der Waals surface area (Å²) < 4.78 is 21.5. The fourth-order valence-electron chi connectivity index (χ4n) is 7.11. The van der Waals surface area contributed by atoms with Crippen LogP contribution in [-0.4, -0.2) is 67.3 Å². The van der Waals surface area contributed by atoms with Gasteiger partial charge in [-0.1, -0.05) is 84.9 Å². The molecule has 11 heteroatoms. The number of ether oxygens (including phenoxy) is 3. The average molecular weight is 747 g/mol. The van der Waals surface area contributed by atoms with Crippen molar-refractivity contribution in [1.82, 2.24) is 19.2 Å². The molecule has 4 aromatic carbocycles. The van der Waals surface area contributed by atoms with Gasteiger partial charge < -0.3 is 33.9 Å². The SMILES string of the molecule is CN(CCCn1c(C(=O)O)c(CCCOc2cccc3ccccc23)c2cccc(-c3c(COCc4ccccc4)nn(C)c3CO)c21)C(=O)OC(C)(C)C. The summed E-state index contributed by atoms with van der Waals surface area (Å²) in [5, 5.41) is 29.2. The van der Waals surface area contributed by atoms with E-state index in [2.05, 4.69) is 0 Å². The van der Waals surface area contributed by atoms with E-state index in [1.54, 1.807) is 18.8 Å². The van der Waals surface area contributed by atoms with Crippen molar-refractivity contribution in [1.29, 1.82) is 0 Å². The first-order chi connectivity index (χ1) is 26.5. The third-order valence-electron chi connectivity index (χ3n) is 9.56. The summed E-state index contributed by atoms with van der Waals surface area (Å²) in [5.74, 6) is -0.266. The number of rotatable bonds is 16. The maximum Gasteiger partial charge on any atom is 0.410 e. The van der Waals surface area contributed by atoms with Gasteiger partial charge in [0.15, 0.2) is 0 Å². The molecule has 0 fully saturated rings. The van der Waals surface area contributed by atoms with Gasteiger partial charge in [0.1, 0.15) is 17.0 Å². The van der Waals surface area contributed by atoms with Crippen molar-refractivity contribution in [2.24, 2.45) is 7.05 Å². The van der Waals surface area contributed by atoms with Crippen LogP contribution in [-0.2, 0) is 49.3 Å². The Morgan fingerprint density at radius 2 is 1.58 bits per heavy atom. The van der Waals surface area contributed by atoms with E-state index in [0.717, 1.165) is 38.6 Å². The lowest BCUT2D eigenvalue weighted by atomic mass is 9.98. The minimum Gasteiger partial charge on any atom is -0.493 e. The second kappa shape index (κ2) is 17.2. The molecule has 0 saturated carbocycles. The number of carbonyl (C=O) groups excluding carboxylic acids is 1. The van der Waals surface area contributed by atoms with Gasteiger partial charge in [-0.25, -0.2) is 9.59 Å². The van der Waals surface area contributed by atoms with Gasteiger partial charge in [0.2, 0.25) is 0 Å². The third kappa shape index (κ3) is 9.01. The van der Waals surface area contributed by atoms with E-state index in [4.69, 9.17) is 19.3 Å². The Bertz CT molecular complexity index is 2260. The summed E-state index contributed by atoms with van der Waals surface area (Å²) in [6, 6.07) is 29.7. The lowest BCUT2D eigenvalue weighted by molar-refractivity contribution is 0.0294. The molecule has 0 aliphatic carbocycles. The quantitative estimate of drug-likeness (QED) is 0.0946. The molecule has 2 heterocycles. The first-order valence-corrected chi connectivity index (χ1v) is 18.7. The summed E-state index contributed by atoms with van der Waals surface area (Å²) in [5.41, 5.74) is 4.65. The van der Waals surface area contributed by atoms with E-state index in [-0.39, 0.29) is 18.9 Å². The highest BCUT2D eigenvalue weighted by Gasteiger charge is 2.28. The van der Waals surface area contributed by atoms with Crippen LogP contribution in [0.5, 0.6) is 5.75 Å². The van der Waals surface area contributed by atoms with Crippen LogP contribution in [0.2, 0.25) is 0 Å². The van der Waals surface area contributed by atoms with E-state index in [1.807, 2.05) is 116 Å². The summed E-state index contributed by atoms with van der Waals surface area (Å²) in [7, 11) is 3.46. The maximum atomic E-state index is 13.3. The van der Waals surface area contributed by atoms with Gasteiger partial charge in [0.25, 0.3) is 0 Å². The van der Waals surface area contributed by atoms with Crippen molar-refractivity contribution in [2.45, 2.75) is 72.0 Å². The number of aromatic carboxylic acids is 1. The van der Waals surface area contributed by atoms with Crippen molar-refractivity contribution in [2.75, 3.05) is 20.2 Å². The van der Waals surface area contributed by atoms with Crippen molar-refractivity contribution < 1.29 is 34.0 Å². The number of benzene rings is 4. The molecule has 0 saturated heterocycles. The lowest BCUT2D eigenvalue weighted by Gasteiger charge is -2.24. The van der Waals surface area contributed by atoms with Gasteiger partial charge in [-0.05, 0) is 62.6 Å². The van der Waals surface area contributed by atoms with Crippen LogP contribution in [0.15, 0.2) is 91.0 Å². The number of fused-ring (bicyclic) bond motifs is 2. The monoisotopic (exact) mass is 746 g/mol. The molecule has 0 unspecified atom stereocenters. The molecule has 2 N–H and O–H groups in total. The number of hydrogen-bond donors (Lipinski definition) is 2. The van der Waals surface area contributed by atoms with E-state index < -0.39 is 17.7 Å². The van der Waals surface area contributed by atoms with Crippen LogP contribution in [0.4, 0.5) is 4.79 Å². The highest BCUT2D eigenvalue weighted by Crippen LogP contribution is 2.39. The van der Waals surface area contributed by atoms with Crippen LogP contribution in [0.3, 0.4) is 0 Å². The molecular weight excluding hydrogens is 697 g/mol. The van der Waals surface area contributed by atoms with Gasteiger partial charge in [-0.2, -0.15) is 5.10 Å². The predicted octanol–water partition coefficient (Wildman–Crippen LogP) is 8.37. The molecule has 288 valence electrons. The second-order valence-corrected chi connectivity index (χ2v) is 14.7. The van der Waals surface area contributed by atoms with Crippen molar-refractivity contribution in [3.63, 3.8) is 0 Å². The molecule has 0 radical (unpaired) electrons. The minimum atomic E-state index is -1.05.